The third-order valence-corrected chi connectivity index (χ3v) is 20.6. The molecule has 0 aliphatic rings. The largest absolute Gasteiger partial charge is 0.497 e. The van der Waals surface area contributed by atoms with E-state index >= 15 is 0 Å². The van der Waals surface area contributed by atoms with E-state index in [-0.39, 0.29) is 46.8 Å². The van der Waals surface area contributed by atoms with E-state index in [4.69, 9.17) is 18.3 Å². The summed E-state index contributed by atoms with van der Waals surface area (Å²) < 4.78 is 28.5. The predicted octanol–water partition coefficient (Wildman–Crippen LogP) is 11.7. The van der Waals surface area contributed by atoms with Gasteiger partial charge < -0.3 is 23.4 Å². The molecular weight excluding hydrogens is 731 g/mol. The Morgan fingerprint density at radius 3 is 1.79 bits per heavy atom. The Hall–Kier alpha value is -0.236. The van der Waals surface area contributed by atoms with Gasteiger partial charge in [0.2, 0.25) is 0 Å². The number of aliphatic hydroxyl groups excluding tert-OH is 1. The molecule has 274 valence electrons. The highest BCUT2D eigenvalue weighted by Crippen LogP contribution is 2.42. The van der Waals surface area contributed by atoms with Crippen molar-refractivity contribution in [1.29, 1.82) is 0 Å². The molecule has 0 radical (unpaired) electrons. The lowest BCUT2D eigenvalue weighted by molar-refractivity contribution is -0.0737. The third kappa shape index (κ3) is 14.1. The van der Waals surface area contributed by atoms with Crippen molar-refractivity contribution in [3.05, 3.63) is 40.0 Å². The van der Waals surface area contributed by atoms with Crippen LogP contribution in [0.25, 0.3) is 0 Å². The molecule has 1 rings (SSSR count). The molecule has 1 N–H and O–H groups in total. The molecule has 0 saturated carbocycles. The molecule has 0 fully saturated rings. The lowest BCUT2D eigenvalue weighted by atomic mass is 9.83. The van der Waals surface area contributed by atoms with Gasteiger partial charge in [-0.15, -0.1) is 0 Å². The molecule has 8 heteroatoms. The molecule has 0 saturated heterocycles. The second-order valence-corrected chi connectivity index (χ2v) is 27.7. The van der Waals surface area contributed by atoms with Gasteiger partial charge in [-0.25, -0.2) is 0 Å². The Morgan fingerprint density at radius 1 is 0.787 bits per heavy atom. The fourth-order valence-corrected chi connectivity index (χ4v) is 9.45. The van der Waals surface area contributed by atoms with Gasteiger partial charge in [0.1, 0.15) is 5.75 Å². The Morgan fingerprint density at radius 2 is 1.32 bits per heavy atom. The molecule has 0 aliphatic heterocycles. The van der Waals surface area contributed by atoms with E-state index in [2.05, 4.69) is 147 Å². The van der Waals surface area contributed by atoms with Gasteiger partial charge in [-0.1, -0.05) is 117 Å². The smallest absolute Gasteiger partial charge is 0.192 e. The van der Waals surface area contributed by atoms with E-state index in [1.807, 2.05) is 12.1 Å². The van der Waals surface area contributed by atoms with Gasteiger partial charge in [-0.05, 0) is 95.1 Å². The van der Waals surface area contributed by atoms with E-state index in [1.165, 1.54) is 0 Å². The monoisotopic (exact) mass is 804 g/mol. The minimum Gasteiger partial charge on any atom is -0.497 e. The number of benzene rings is 1. The average molecular weight is 805 g/mol. The van der Waals surface area contributed by atoms with Crippen LogP contribution in [0, 0.1) is 29.6 Å². The molecule has 1 aromatic carbocycles. The minimum atomic E-state index is -2.07. The van der Waals surface area contributed by atoms with Crippen molar-refractivity contribution >= 4 is 39.2 Å². The number of halogens is 1. The lowest BCUT2D eigenvalue weighted by Crippen LogP contribution is -2.48. The molecule has 8 atom stereocenters. The van der Waals surface area contributed by atoms with Crippen LogP contribution in [0.5, 0.6) is 5.75 Å². The van der Waals surface area contributed by atoms with Crippen LogP contribution >= 0.6 is 22.6 Å². The van der Waals surface area contributed by atoms with E-state index in [0.29, 0.717) is 24.4 Å². The zero-order valence-corrected chi connectivity index (χ0v) is 37.2. The Bertz CT molecular complexity index is 1050. The molecule has 1 aromatic rings. The van der Waals surface area contributed by atoms with E-state index in [1.54, 1.807) is 7.11 Å². The van der Waals surface area contributed by atoms with Gasteiger partial charge in [-0.2, -0.15) is 0 Å². The van der Waals surface area contributed by atoms with E-state index < -0.39 is 16.6 Å². The van der Waals surface area contributed by atoms with Crippen molar-refractivity contribution in [1.82, 2.24) is 0 Å². The number of aliphatic hydroxyl groups is 1. The van der Waals surface area contributed by atoms with Gasteiger partial charge in [0.15, 0.2) is 16.6 Å². The zero-order chi connectivity index (χ0) is 36.4. The van der Waals surface area contributed by atoms with Crippen LogP contribution in [-0.4, -0.2) is 53.8 Å². The van der Waals surface area contributed by atoms with Crippen molar-refractivity contribution in [3.63, 3.8) is 0 Å². The summed E-state index contributed by atoms with van der Waals surface area (Å²) in [6, 6.07) is 8.04. The van der Waals surface area contributed by atoms with Gasteiger partial charge >= 0.3 is 0 Å². The summed E-state index contributed by atoms with van der Waals surface area (Å²) in [7, 11) is -2.31. The van der Waals surface area contributed by atoms with Crippen molar-refractivity contribution in [2.24, 2.45) is 29.6 Å². The summed E-state index contributed by atoms with van der Waals surface area (Å²) in [5, 5.41) is 10.6. The van der Waals surface area contributed by atoms with Gasteiger partial charge in [0.25, 0.3) is 0 Å². The van der Waals surface area contributed by atoms with Crippen LogP contribution in [0.4, 0.5) is 0 Å². The molecule has 0 amide bonds. The molecule has 0 unspecified atom stereocenters. The second-order valence-electron chi connectivity index (χ2n) is 17.5. The van der Waals surface area contributed by atoms with E-state index in [9.17, 15) is 5.11 Å². The number of hydrogen-bond donors (Lipinski definition) is 1. The quantitative estimate of drug-likeness (QED) is 0.105. The van der Waals surface area contributed by atoms with Crippen LogP contribution in [0.15, 0.2) is 34.4 Å². The van der Waals surface area contributed by atoms with Crippen LogP contribution in [-0.2, 0) is 20.2 Å². The molecule has 0 spiro atoms. The second kappa shape index (κ2) is 19.4. The summed E-state index contributed by atoms with van der Waals surface area (Å²) in [5.41, 5.74) is 1.10. The number of hydrogen-bond acceptors (Lipinski definition) is 5. The molecule has 5 nitrogen and oxygen atoms in total. The van der Waals surface area contributed by atoms with Crippen molar-refractivity contribution in [2.75, 3.05) is 13.7 Å². The normalized spacial score (nSPS) is 18.8. The number of rotatable bonds is 20. The minimum absolute atomic E-state index is 0.00750. The van der Waals surface area contributed by atoms with Crippen LogP contribution < -0.4 is 4.74 Å². The van der Waals surface area contributed by atoms with Crippen LogP contribution in [0.2, 0.25) is 36.3 Å². The van der Waals surface area contributed by atoms with Crippen molar-refractivity contribution in [3.8, 4) is 5.75 Å². The first-order valence-electron chi connectivity index (χ1n) is 18.0. The van der Waals surface area contributed by atoms with Gasteiger partial charge in [0.05, 0.1) is 32.0 Å². The molecule has 0 heterocycles. The van der Waals surface area contributed by atoms with E-state index in [0.717, 1.165) is 30.6 Å². The average Bonchev–Trinajstić information content (AvgIpc) is 2.96. The summed E-state index contributed by atoms with van der Waals surface area (Å²) in [6.07, 6.45) is 5.58. The molecule has 0 bridgehead atoms. The first kappa shape index (κ1) is 44.8. The predicted molar refractivity (Wildman–Crippen MR) is 216 cm³/mol. The summed E-state index contributed by atoms with van der Waals surface area (Å²) >= 11 is 2.34. The highest BCUT2D eigenvalue weighted by Gasteiger charge is 2.43. The highest BCUT2D eigenvalue weighted by atomic mass is 127. The zero-order valence-electron chi connectivity index (χ0n) is 33.1. The standard InChI is InChI=1S/C39H73IO5Si2/c1-28(25-30(3)36(29(2)23-24-40)45-47(15,16)39(9,10)11)17-22-35(44-46(13,14)38(6,7)8)32(5)37(31(4)26-41)43-27-33-18-20-34(42-12)21-19-33/h18-21,23-24,28-32,35-37,41H,17,22,25-27H2,1-16H3/b24-23-/t28-,29-,30-,31-,32-,35+,36-,37-/m0/s1. The van der Waals surface area contributed by atoms with Crippen LogP contribution in [0.3, 0.4) is 0 Å². The maximum atomic E-state index is 10.3. The first-order chi connectivity index (χ1) is 21.5. The fraction of sp³-hybridized carbons (Fsp3) is 0.795. The van der Waals surface area contributed by atoms with Crippen LogP contribution in [0.1, 0.15) is 101 Å². The summed E-state index contributed by atoms with van der Waals surface area (Å²) in [4.78, 5) is 0. The summed E-state index contributed by atoms with van der Waals surface area (Å²) in [6.45, 7) is 35.4. The summed E-state index contributed by atoms with van der Waals surface area (Å²) in [5.74, 6) is 2.28. The Labute approximate surface area is 306 Å². The number of methoxy groups -OCH3 is 1. The molecule has 0 aromatic heterocycles. The van der Waals surface area contributed by atoms with Crippen molar-refractivity contribution < 1.29 is 23.4 Å². The lowest BCUT2D eigenvalue weighted by Gasteiger charge is -2.44. The number of ether oxygens (including phenoxy) is 2. The van der Waals surface area contributed by atoms with Gasteiger partial charge in [0, 0.05) is 18.4 Å². The topological polar surface area (TPSA) is 57.2 Å². The van der Waals surface area contributed by atoms with Crippen molar-refractivity contribution in [2.45, 2.75) is 157 Å². The fourth-order valence-electron chi connectivity index (χ4n) is 5.87. The maximum absolute atomic E-state index is 10.3. The molecular formula is C39H73IO5Si2. The molecule has 47 heavy (non-hydrogen) atoms. The Kier molecular flexibility index (Phi) is 18.5. The third-order valence-electron chi connectivity index (χ3n) is 11.2. The molecule has 0 aliphatic carbocycles. The first-order valence-corrected chi connectivity index (χ1v) is 25.0. The maximum Gasteiger partial charge on any atom is 0.192 e. The Balaban J connectivity index is 3.23. The van der Waals surface area contributed by atoms with Gasteiger partial charge in [-0.3, -0.25) is 0 Å². The SMILES string of the molecule is COc1ccc(CO[C@H]([C@@H](C)[C@@H](CC[C@H](C)C[C@H](C)[C@@H](O[Si](C)(C)C(C)(C)C)[C@@H](C)/C=C\I)O[Si](C)(C)C(C)(C)C)[C@@H](C)CO)cc1. The highest BCUT2D eigenvalue weighted by molar-refractivity contribution is 14.1.